The topological polar surface area (TPSA) is 85.3 Å². The van der Waals surface area contributed by atoms with Gasteiger partial charge in [0, 0.05) is 19.0 Å². The fourth-order valence-electron chi connectivity index (χ4n) is 2.96. The van der Waals surface area contributed by atoms with Crippen molar-refractivity contribution in [2.45, 2.75) is 26.3 Å². The molecule has 1 aliphatic rings. The summed E-state index contributed by atoms with van der Waals surface area (Å²) >= 11 is 0. The molecule has 3 aromatic rings. The molecule has 0 unspecified atom stereocenters. The second-order valence-corrected chi connectivity index (χ2v) is 5.45. The van der Waals surface area contributed by atoms with Crippen molar-refractivity contribution in [3.8, 4) is 11.5 Å². The van der Waals surface area contributed by atoms with Crippen LogP contribution >= 0.6 is 0 Å². The molecule has 2 aromatic heterocycles. The number of oxazole rings is 1. The molecule has 1 aliphatic heterocycles. The SMILES string of the molecule is CC(=O)N1c2ccccc2C[C@H]1c1nc(-c2ncoc2C)no1. The highest BCUT2D eigenvalue weighted by Gasteiger charge is 2.36. The smallest absolute Gasteiger partial charge is 0.250 e. The lowest BCUT2D eigenvalue weighted by atomic mass is 10.1. The lowest BCUT2D eigenvalue weighted by Gasteiger charge is -2.20. The molecular weight excluding hydrogens is 296 g/mol. The third-order valence-corrected chi connectivity index (χ3v) is 4.00. The van der Waals surface area contributed by atoms with Crippen LogP contribution in [0.3, 0.4) is 0 Å². The number of para-hydroxylation sites is 1. The molecule has 0 saturated carbocycles. The molecular formula is C16H14N4O3. The van der Waals surface area contributed by atoms with E-state index >= 15 is 0 Å². The van der Waals surface area contributed by atoms with E-state index < -0.39 is 0 Å². The van der Waals surface area contributed by atoms with Crippen molar-refractivity contribution in [1.82, 2.24) is 15.1 Å². The van der Waals surface area contributed by atoms with Crippen molar-refractivity contribution >= 4 is 11.6 Å². The molecule has 1 amide bonds. The van der Waals surface area contributed by atoms with Crippen molar-refractivity contribution in [1.29, 1.82) is 0 Å². The van der Waals surface area contributed by atoms with Gasteiger partial charge in [-0.25, -0.2) is 4.98 Å². The number of rotatable bonds is 2. The number of hydrogen-bond acceptors (Lipinski definition) is 6. The number of carbonyl (C=O) groups excluding carboxylic acids is 1. The highest BCUT2D eigenvalue weighted by Crippen LogP contribution is 2.40. The summed E-state index contributed by atoms with van der Waals surface area (Å²) in [6.45, 7) is 3.32. The Labute approximate surface area is 131 Å². The van der Waals surface area contributed by atoms with Crippen LogP contribution in [0.15, 0.2) is 39.6 Å². The van der Waals surface area contributed by atoms with E-state index in [0.717, 1.165) is 11.3 Å². The standard InChI is InChI=1S/C16H14N4O3/c1-9-14(17-8-22-9)15-18-16(23-19-15)13-7-11-5-3-4-6-12(11)20(13)10(2)21/h3-6,8,13H,7H2,1-2H3/t13-/m0/s1. The maximum atomic E-state index is 12.1. The zero-order valence-corrected chi connectivity index (χ0v) is 12.7. The quantitative estimate of drug-likeness (QED) is 0.723. The minimum Gasteiger partial charge on any atom is -0.448 e. The summed E-state index contributed by atoms with van der Waals surface area (Å²) in [5.74, 6) is 1.33. The average molecular weight is 310 g/mol. The molecule has 0 bridgehead atoms. The molecule has 1 atom stereocenters. The van der Waals surface area contributed by atoms with E-state index in [2.05, 4.69) is 15.1 Å². The number of benzene rings is 1. The van der Waals surface area contributed by atoms with E-state index in [-0.39, 0.29) is 11.9 Å². The Morgan fingerprint density at radius 1 is 1.35 bits per heavy atom. The van der Waals surface area contributed by atoms with Gasteiger partial charge in [-0.1, -0.05) is 23.4 Å². The third-order valence-electron chi connectivity index (χ3n) is 4.00. The molecule has 0 spiro atoms. The van der Waals surface area contributed by atoms with Gasteiger partial charge in [0.25, 0.3) is 5.89 Å². The predicted molar refractivity (Wildman–Crippen MR) is 80.6 cm³/mol. The monoisotopic (exact) mass is 310 g/mol. The largest absolute Gasteiger partial charge is 0.448 e. The first-order chi connectivity index (χ1) is 11.1. The third kappa shape index (κ3) is 2.12. The van der Waals surface area contributed by atoms with Gasteiger partial charge < -0.3 is 8.94 Å². The summed E-state index contributed by atoms with van der Waals surface area (Å²) < 4.78 is 10.6. The second kappa shape index (κ2) is 5.05. The second-order valence-electron chi connectivity index (χ2n) is 5.45. The fraction of sp³-hybridized carbons (Fsp3) is 0.250. The van der Waals surface area contributed by atoms with E-state index in [0.29, 0.717) is 29.6 Å². The number of anilines is 1. The van der Waals surface area contributed by atoms with Crippen LogP contribution in [-0.4, -0.2) is 21.0 Å². The maximum absolute atomic E-state index is 12.1. The molecule has 3 heterocycles. The van der Waals surface area contributed by atoms with Crippen molar-refractivity contribution in [3.05, 3.63) is 47.9 Å². The first kappa shape index (κ1) is 13.7. The summed E-state index contributed by atoms with van der Waals surface area (Å²) in [5.41, 5.74) is 2.53. The number of aromatic nitrogens is 3. The zero-order valence-electron chi connectivity index (χ0n) is 12.7. The lowest BCUT2D eigenvalue weighted by Crippen LogP contribution is -2.30. The molecule has 1 aromatic carbocycles. The van der Waals surface area contributed by atoms with Crippen LogP contribution in [0.2, 0.25) is 0 Å². The van der Waals surface area contributed by atoms with E-state index in [4.69, 9.17) is 8.94 Å². The highest BCUT2D eigenvalue weighted by molar-refractivity contribution is 5.94. The van der Waals surface area contributed by atoms with E-state index in [1.165, 1.54) is 13.3 Å². The van der Waals surface area contributed by atoms with E-state index in [1.807, 2.05) is 24.3 Å². The molecule has 7 heteroatoms. The van der Waals surface area contributed by atoms with Crippen LogP contribution in [0.4, 0.5) is 5.69 Å². The highest BCUT2D eigenvalue weighted by atomic mass is 16.5. The molecule has 0 fully saturated rings. The summed E-state index contributed by atoms with van der Waals surface area (Å²) in [4.78, 5) is 22.3. The van der Waals surface area contributed by atoms with Crippen LogP contribution < -0.4 is 4.90 Å². The lowest BCUT2D eigenvalue weighted by molar-refractivity contribution is -0.117. The first-order valence-corrected chi connectivity index (χ1v) is 7.27. The van der Waals surface area contributed by atoms with Crippen LogP contribution in [0.5, 0.6) is 0 Å². The Morgan fingerprint density at radius 3 is 2.91 bits per heavy atom. The van der Waals surface area contributed by atoms with Crippen LogP contribution in [0, 0.1) is 6.92 Å². The molecule has 7 nitrogen and oxygen atoms in total. The molecule has 0 saturated heterocycles. The fourth-order valence-corrected chi connectivity index (χ4v) is 2.96. The van der Waals surface area contributed by atoms with Gasteiger partial charge in [0.15, 0.2) is 12.1 Å². The number of hydrogen-bond donors (Lipinski definition) is 0. The van der Waals surface area contributed by atoms with Crippen molar-refractivity contribution in [3.63, 3.8) is 0 Å². The van der Waals surface area contributed by atoms with Crippen molar-refractivity contribution in [2.75, 3.05) is 4.90 Å². The van der Waals surface area contributed by atoms with Gasteiger partial charge in [-0.15, -0.1) is 0 Å². The number of nitrogens with zero attached hydrogens (tertiary/aromatic N) is 4. The van der Waals surface area contributed by atoms with E-state index in [9.17, 15) is 4.79 Å². The Morgan fingerprint density at radius 2 is 2.17 bits per heavy atom. The predicted octanol–water partition coefficient (Wildman–Crippen LogP) is 2.68. The van der Waals surface area contributed by atoms with Gasteiger partial charge in [0.05, 0.1) is 0 Å². The van der Waals surface area contributed by atoms with Gasteiger partial charge in [0.1, 0.15) is 11.8 Å². The number of carbonyl (C=O) groups is 1. The van der Waals surface area contributed by atoms with Gasteiger partial charge in [-0.05, 0) is 18.6 Å². The molecule has 23 heavy (non-hydrogen) atoms. The summed E-state index contributed by atoms with van der Waals surface area (Å²) in [7, 11) is 0. The van der Waals surface area contributed by atoms with Crippen LogP contribution in [0.1, 0.15) is 30.2 Å². The first-order valence-electron chi connectivity index (χ1n) is 7.27. The van der Waals surface area contributed by atoms with Gasteiger partial charge in [-0.3, -0.25) is 9.69 Å². The molecule has 116 valence electrons. The van der Waals surface area contributed by atoms with Crippen molar-refractivity contribution < 1.29 is 13.7 Å². The Balaban J connectivity index is 1.73. The maximum Gasteiger partial charge on any atom is 0.250 e. The number of amides is 1. The summed E-state index contributed by atoms with van der Waals surface area (Å²) in [6.07, 6.45) is 1.99. The molecule has 0 aliphatic carbocycles. The number of aryl methyl sites for hydroxylation is 1. The Hall–Kier alpha value is -2.96. The molecule has 0 radical (unpaired) electrons. The normalized spacial score (nSPS) is 16.6. The Kier molecular flexibility index (Phi) is 3.00. The van der Waals surface area contributed by atoms with E-state index in [1.54, 1.807) is 11.8 Å². The summed E-state index contributed by atoms with van der Waals surface area (Å²) in [5, 5.41) is 3.97. The van der Waals surface area contributed by atoms with Gasteiger partial charge >= 0.3 is 0 Å². The van der Waals surface area contributed by atoms with Gasteiger partial charge in [0.2, 0.25) is 11.7 Å². The zero-order chi connectivity index (χ0) is 16.0. The summed E-state index contributed by atoms with van der Waals surface area (Å²) in [6, 6.07) is 7.51. The average Bonchev–Trinajstić information content (AvgIpc) is 3.23. The van der Waals surface area contributed by atoms with Crippen LogP contribution in [-0.2, 0) is 11.2 Å². The molecule has 0 N–H and O–H groups in total. The minimum absolute atomic E-state index is 0.0580. The van der Waals surface area contributed by atoms with Gasteiger partial charge in [-0.2, -0.15) is 4.98 Å². The van der Waals surface area contributed by atoms with Crippen LogP contribution in [0.25, 0.3) is 11.5 Å². The Bertz CT molecular complexity index is 883. The molecule has 4 rings (SSSR count). The number of fused-ring (bicyclic) bond motifs is 1. The van der Waals surface area contributed by atoms with Crippen molar-refractivity contribution in [2.24, 2.45) is 0 Å². The minimum atomic E-state index is -0.293.